The molecular formula is C9H19NO. The van der Waals surface area contributed by atoms with E-state index in [4.69, 9.17) is 4.74 Å². The van der Waals surface area contributed by atoms with Crippen LogP contribution in [0.5, 0.6) is 0 Å². The Morgan fingerprint density at radius 2 is 2.27 bits per heavy atom. The third-order valence-corrected chi connectivity index (χ3v) is 2.57. The summed E-state index contributed by atoms with van der Waals surface area (Å²) in [7, 11) is 1.75. The number of nitrogens with one attached hydrogen (secondary N) is 1. The van der Waals surface area contributed by atoms with E-state index in [1.54, 1.807) is 7.11 Å². The molecule has 0 spiro atoms. The average molecular weight is 157 g/mol. The predicted molar refractivity (Wildman–Crippen MR) is 46.7 cm³/mol. The summed E-state index contributed by atoms with van der Waals surface area (Å²) in [6.07, 6.45) is 4.14. The second kappa shape index (κ2) is 4.73. The van der Waals surface area contributed by atoms with Gasteiger partial charge < -0.3 is 10.1 Å². The van der Waals surface area contributed by atoms with Crippen molar-refractivity contribution in [3.63, 3.8) is 0 Å². The molecule has 2 atom stereocenters. The lowest BCUT2D eigenvalue weighted by Crippen LogP contribution is -2.33. The van der Waals surface area contributed by atoms with Gasteiger partial charge in [0.05, 0.1) is 6.61 Å². The van der Waals surface area contributed by atoms with Gasteiger partial charge in [-0.3, -0.25) is 0 Å². The molecule has 0 aliphatic heterocycles. The van der Waals surface area contributed by atoms with Gasteiger partial charge >= 0.3 is 0 Å². The zero-order chi connectivity index (χ0) is 8.10. The Labute approximate surface area is 69.3 Å². The fraction of sp³-hybridized carbons (Fsp3) is 1.00. The van der Waals surface area contributed by atoms with E-state index >= 15 is 0 Å². The van der Waals surface area contributed by atoms with Crippen molar-refractivity contribution in [2.75, 3.05) is 20.3 Å². The van der Waals surface area contributed by atoms with E-state index in [0.29, 0.717) is 0 Å². The van der Waals surface area contributed by atoms with Gasteiger partial charge in [-0.1, -0.05) is 13.3 Å². The first-order valence-corrected chi connectivity index (χ1v) is 4.57. The minimum absolute atomic E-state index is 0.755. The van der Waals surface area contributed by atoms with Gasteiger partial charge in [0.25, 0.3) is 0 Å². The number of hydrogen-bond donors (Lipinski definition) is 1. The molecular weight excluding hydrogens is 138 g/mol. The minimum atomic E-state index is 0.755. The van der Waals surface area contributed by atoms with E-state index in [0.717, 1.165) is 25.1 Å². The van der Waals surface area contributed by atoms with E-state index in [1.165, 1.54) is 19.3 Å². The Bertz CT molecular complexity index is 106. The lowest BCUT2D eigenvalue weighted by molar-refractivity contribution is 0.193. The molecule has 66 valence electrons. The molecule has 0 amide bonds. The van der Waals surface area contributed by atoms with Gasteiger partial charge in [-0.25, -0.2) is 0 Å². The van der Waals surface area contributed by atoms with Crippen LogP contribution in [0.25, 0.3) is 0 Å². The molecule has 1 fully saturated rings. The van der Waals surface area contributed by atoms with Gasteiger partial charge in [-0.15, -0.1) is 0 Å². The summed E-state index contributed by atoms with van der Waals surface area (Å²) in [5.41, 5.74) is 0. The molecule has 0 aromatic heterocycles. The minimum Gasteiger partial charge on any atom is -0.383 e. The van der Waals surface area contributed by atoms with E-state index < -0.39 is 0 Å². The molecule has 2 nitrogen and oxygen atoms in total. The summed E-state index contributed by atoms with van der Waals surface area (Å²) >= 11 is 0. The Morgan fingerprint density at radius 3 is 2.82 bits per heavy atom. The number of ether oxygens (including phenoxy) is 1. The highest BCUT2D eigenvalue weighted by atomic mass is 16.5. The third-order valence-electron chi connectivity index (χ3n) is 2.57. The Morgan fingerprint density at radius 1 is 1.45 bits per heavy atom. The van der Waals surface area contributed by atoms with Crippen LogP contribution in [0.3, 0.4) is 0 Å². The van der Waals surface area contributed by atoms with Crippen LogP contribution in [0.15, 0.2) is 0 Å². The molecule has 0 aromatic rings. The van der Waals surface area contributed by atoms with Gasteiger partial charge in [0, 0.05) is 19.7 Å². The summed E-state index contributed by atoms with van der Waals surface area (Å²) in [5.74, 6) is 0.867. The quantitative estimate of drug-likeness (QED) is 0.623. The van der Waals surface area contributed by atoms with E-state index in [-0.39, 0.29) is 0 Å². The molecule has 0 heterocycles. The van der Waals surface area contributed by atoms with Crippen molar-refractivity contribution in [3.05, 3.63) is 0 Å². The van der Waals surface area contributed by atoms with Crippen molar-refractivity contribution in [1.29, 1.82) is 0 Å². The van der Waals surface area contributed by atoms with Crippen LogP contribution in [0.1, 0.15) is 26.2 Å². The first-order valence-electron chi connectivity index (χ1n) is 4.57. The van der Waals surface area contributed by atoms with E-state index in [2.05, 4.69) is 12.2 Å². The fourth-order valence-electron chi connectivity index (χ4n) is 1.80. The average Bonchev–Trinajstić information content (AvgIpc) is 2.37. The summed E-state index contributed by atoms with van der Waals surface area (Å²) in [5, 5.41) is 3.51. The van der Waals surface area contributed by atoms with Crippen LogP contribution in [0.2, 0.25) is 0 Å². The smallest absolute Gasteiger partial charge is 0.0587 e. The fourth-order valence-corrected chi connectivity index (χ4v) is 1.80. The molecule has 1 aliphatic rings. The van der Waals surface area contributed by atoms with Crippen LogP contribution in [-0.2, 0) is 4.74 Å². The Balaban J connectivity index is 2.05. The predicted octanol–water partition coefficient (Wildman–Crippen LogP) is 1.41. The van der Waals surface area contributed by atoms with Crippen molar-refractivity contribution < 1.29 is 4.74 Å². The van der Waals surface area contributed by atoms with Crippen LogP contribution in [-0.4, -0.2) is 26.3 Å². The highest BCUT2D eigenvalue weighted by Gasteiger charge is 2.21. The topological polar surface area (TPSA) is 21.3 Å². The SMILES string of the molecule is COCCN[C@H]1CCC[C@@H]1C. The highest BCUT2D eigenvalue weighted by molar-refractivity contribution is 4.79. The highest BCUT2D eigenvalue weighted by Crippen LogP contribution is 2.24. The maximum absolute atomic E-state index is 4.97. The second-order valence-corrected chi connectivity index (χ2v) is 3.46. The van der Waals surface area contributed by atoms with Crippen molar-refractivity contribution in [3.8, 4) is 0 Å². The second-order valence-electron chi connectivity index (χ2n) is 3.46. The standard InChI is InChI=1S/C9H19NO/c1-8-4-3-5-9(8)10-6-7-11-2/h8-10H,3-7H2,1-2H3/t8-,9-/m0/s1. The largest absolute Gasteiger partial charge is 0.383 e. The molecule has 0 unspecified atom stereocenters. The van der Waals surface area contributed by atoms with Crippen molar-refractivity contribution in [2.45, 2.75) is 32.2 Å². The molecule has 0 bridgehead atoms. The van der Waals surface area contributed by atoms with Crippen LogP contribution in [0, 0.1) is 5.92 Å². The number of methoxy groups -OCH3 is 1. The monoisotopic (exact) mass is 157 g/mol. The van der Waals surface area contributed by atoms with Gasteiger partial charge in [-0.2, -0.15) is 0 Å². The summed E-state index contributed by atoms with van der Waals surface area (Å²) in [6, 6.07) is 0.755. The first-order chi connectivity index (χ1) is 5.34. The number of rotatable bonds is 4. The number of hydrogen-bond acceptors (Lipinski definition) is 2. The first kappa shape index (κ1) is 9.01. The van der Waals surface area contributed by atoms with Gasteiger partial charge in [-0.05, 0) is 18.8 Å². The van der Waals surface area contributed by atoms with Crippen molar-refractivity contribution in [1.82, 2.24) is 5.32 Å². The summed E-state index contributed by atoms with van der Waals surface area (Å²) in [6.45, 7) is 4.17. The summed E-state index contributed by atoms with van der Waals surface area (Å²) in [4.78, 5) is 0. The Kier molecular flexibility index (Phi) is 3.87. The molecule has 11 heavy (non-hydrogen) atoms. The molecule has 0 saturated heterocycles. The van der Waals surface area contributed by atoms with E-state index in [9.17, 15) is 0 Å². The lowest BCUT2D eigenvalue weighted by atomic mass is 10.1. The maximum atomic E-state index is 4.97. The maximum Gasteiger partial charge on any atom is 0.0587 e. The zero-order valence-corrected chi connectivity index (χ0v) is 7.60. The van der Waals surface area contributed by atoms with Crippen molar-refractivity contribution >= 4 is 0 Å². The molecule has 1 N–H and O–H groups in total. The van der Waals surface area contributed by atoms with Gasteiger partial charge in [0.15, 0.2) is 0 Å². The molecule has 1 rings (SSSR count). The zero-order valence-electron chi connectivity index (χ0n) is 7.60. The third kappa shape index (κ3) is 2.80. The molecule has 0 aromatic carbocycles. The van der Waals surface area contributed by atoms with Crippen LogP contribution in [0.4, 0.5) is 0 Å². The lowest BCUT2D eigenvalue weighted by Gasteiger charge is -2.16. The molecule has 2 heteroatoms. The molecule has 1 saturated carbocycles. The van der Waals surface area contributed by atoms with Crippen molar-refractivity contribution in [2.24, 2.45) is 5.92 Å². The Hall–Kier alpha value is -0.0800. The summed E-state index contributed by atoms with van der Waals surface area (Å²) < 4.78 is 4.97. The van der Waals surface area contributed by atoms with Gasteiger partial charge in [0.1, 0.15) is 0 Å². The molecule has 0 radical (unpaired) electrons. The van der Waals surface area contributed by atoms with Gasteiger partial charge in [0.2, 0.25) is 0 Å². The van der Waals surface area contributed by atoms with Crippen LogP contribution >= 0.6 is 0 Å². The normalized spacial score (nSPS) is 31.1. The molecule has 1 aliphatic carbocycles. The van der Waals surface area contributed by atoms with E-state index in [1.807, 2.05) is 0 Å². The van der Waals surface area contributed by atoms with Crippen LogP contribution < -0.4 is 5.32 Å².